The van der Waals surface area contributed by atoms with Crippen molar-refractivity contribution in [1.29, 1.82) is 0 Å². The molecule has 4 rings (SSSR count). The van der Waals surface area contributed by atoms with E-state index in [2.05, 4.69) is 15.3 Å². The van der Waals surface area contributed by atoms with E-state index in [1.54, 1.807) is 29.8 Å². The highest BCUT2D eigenvalue weighted by Gasteiger charge is 2.12. The van der Waals surface area contributed by atoms with Crippen molar-refractivity contribution in [2.75, 3.05) is 6.79 Å². The van der Waals surface area contributed by atoms with Crippen LogP contribution in [0.1, 0.15) is 11.3 Å². The minimum atomic E-state index is -0.204. The first-order valence-corrected chi connectivity index (χ1v) is 8.92. The first kappa shape index (κ1) is 16.3. The van der Waals surface area contributed by atoms with Crippen LogP contribution in [0.25, 0.3) is 17.3 Å². The molecule has 0 atom stereocenters. The van der Waals surface area contributed by atoms with Gasteiger partial charge in [-0.3, -0.25) is 14.8 Å². The Labute approximate surface area is 154 Å². The SMILES string of the molecule is O=C(C=Cc1ccc2c(c1)OCO2)NCc1nccnc1-c1ccsc1. The van der Waals surface area contributed by atoms with Crippen LogP contribution < -0.4 is 14.8 Å². The second-order valence-corrected chi connectivity index (χ2v) is 6.31. The molecule has 1 amide bonds. The minimum Gasteiger partial charge on any atom is -0.454 e. The molecule has 0 saturated carbocycles. The van der Waals surface area contributed by atoms with Crippen molar-refractivity contribution >= 4 is 23.3 Å². The number of thiophene rings is 1. The fourth-order valence-corrected chi connectivity index (χ4v) is 3.20. The highest BCUT2D eigenvalue weighted by Crippen LogP contribution is 2.32. The summed E-state index contributed by atoms with van der Waals surface area (Å²) in [6, 6.07) is 7.52. The lowest BCUT2D eigenvalue weighted by atomic mass is 10.2. The van der Waals surface area contributed by atoms with Crippen molar-refractivity contribution < 1.29 is 14.3 Å². The van der Waals surface area contributed by atoms with Gasteiger partial charge in [0.05, 0.1) is 17.9 Å². The van der Waals surface area contributed by atoms with Gasteiger partial charge in [-0.2, -0.15) is 11.3 Å². The molecule has 0 unspecified atom stereocenters. The van der Waals surface area contributed by atoms with Crippen molar-refractivity contribution in [3.63, 3.8) is 0 Å². The molecule has 1 N–H and O–H groups in total. The predicted molar refractivity (Wildman–Crippen MR) is 98.8 cm³/mol. The van der Waals surface area contributed by atoms with Gasteiger partial charge >= 0.3 is 0 Å². The topological polar surface area (TPSA) is 73.3 Å². The second-order valence-electron chi connectivity index (χ2n) is 5.53. The lowest BCUT2D eigenvalue weighted by Gasteiger charge is -2.06. The van der Waals surface area contributed by atoms with Crippen LogP contribution in [0.5, 0.6) is 11.5 Å². The number of amides is 1. The van der Waals surface area contributed by atoms with E-state index in [0.717, 1.165) is 28.3 Å². The Morgan fingerprint density at radius 1 is 1.19 bits per heavy atom. The van der Waals surface area contributed by atoms with Gasteiger partial charge in [0.15, 0.2) is 11.5 Å². The van der Waals surface area contributed by atoms with Crippen molar-refractivity contribution in [3.8, 4) is 22.8 Å². The summed E-state index contributed by atoms with van der Waals surface area (Å²) in [6.45, 7) is 0.539. The summed E-state index contributed by atoms with van der Waals surface area (Å²) >= 11 is 1.60. The van der Waals surface area contributed by atoms with Crippen molar-refractivity contribution in [3.05, 3.63) is 64.8 Å². The van der Waals surface area contributed by atoms with Crippen LogP contribution in [-0.4, -0.2) is 22.7 Å². The predicted octanol–water partition coefficient (Wildman–Crippen LogP) is 3.26. The Hall–Kier alpha value is -3.19. The number of aromatic nitrogens is 2. The van der Waals surface area contributed by atoms with E-state index in [-0.39, 0.29) is 12.7 Å². The zero-order valence-electron chi connectivity index (χ0n) is 13.7. The molecule has 7 heteroatoms. The molecular weight excluding hydrogens is 350 g/mol. The van der Waals surface area contributed by atoms with Crippen LogP contribution in [0, 0.1) is 0 Å². The largest absolute Gasteiger partial charge is 0.454 e. The smallest absolute Gasteiger partial charge is 0.244 e. The van der Waals surface area contributed by atoms with Gasteiger partial charge in [0.2, 0.25) is 12.7 Å². The summed E-state index contributed by atoms with van der Waals surface area (Å²) in [4.78, 5) is 20.8. The van der Waals surface area contributed by atoms with Gasteiger partial charge < -0.3 is 14.8 Å². The number of nitrogens with zero attached hydrogens (tertiary/aromatic N) is 2. The van der Waals surface area contributed by atoms with Crippen LogP contribution in [0.2, 0.25) is 0 Å². The number of carbonyl (C=O) groups is 1. The molecule has 1 aliphatic heterocycles. The molecule has 0 saturated heterocycles. The third kappa shape index (κ3) is 3.57. The molecule has 1 aliphatic rings. The molecular formula is C19H15N3O3S. The molecule has 26 heavy (non-hydrogen) atoms. The summed E-state index contributed by atoms with van der Waals surface area (Å²) in [6.07, 6.45) is 6.49. The lowest BCUT2D eigenvalue weighted by Crippen LogP contribution is -2.21. The van der Waals surface area contributed by atoms with Crippen LogP contribution in [0.4, 0.5) is 0 Å². The van der Waals surface area contributed by atoms with Gasteiger partial charge in [-0.1, -0.05) is 6.07 Å². The average molecular weight is 365 g/mol. The third-order valence-corrected chi connectivity index (χ3v) is 4.51. The molecule has 1 aromatic carbocycles. The molecule has 0 aliphatic carbocycles. The van der Waals surface area contributed by atoms with E-state index >= 15 is 0 Å². The molecule has 130 valence electrons. The van der Waals surface area contributed by atoms with Gasteiger partial charge in [-0.25, -0.2) is 0 Å². The molecule has 0 radical (unpaired) electrons. The van der Waals surface area contributed by atoms with Crippen LogP contribution >= 0.6 is 11.3 Å². The van der Waals surface area contributed by atoms with Gasteiger partial charge in [-0.05, 0) is 35.2 Å². The molecule has 6 nitrogen and oxygen atoms in total. The average Bonchev–Trinajstić information content (AvgIpc) is 3.36. The summed E-state index contributed by atoms with van der Waals surface area (Å²) < 4.78 is 10.6. The number of rotatable bonds is 5. The summed E-state index contributed by atoms with van der Waals surface area (Å²) in [5.74, 6) is 1.20. The number of nitrogens with one attached hydrogen (secondary N) is 1. The Kier molecular flexibility index (Phi) is 4.61. The first-order chi connectivity index (χ1) is 12.8. The quantitative estimate of drug-likeness (QED) is 0.703. The normalized spacial score (nSPS) is 12.5. The van der Waals surface area contributed by atoms with Crippen LogP contribution in [-0.2, 0) is 11.3 Å². The van der Waals surface area contributed by atoms with E-state index in [1.807, 2.05) is 35.0 Å². The van der Waals surface area contributed by atoms with E-state index in [4.69, 9.17) is 9.47 Å². The maximum Gasteiger partial charge on any atom is 0.244 e. The van der Waals surface area contributed by atoms with Crippen molar-refractivity contribution in [2.24, 2.45) is 0 Å². The van der Waals surface area contributed by atoms with Gasteiger partial charge in [0, 0.05) is 29.4 Å². The fourth-order valence-electron chi connectivity index (χ4n) is 2.56. The van der Waals surface area contributed by atoms with E-state index in [9.17, 15) is 4.79 Å². The monoisotopic (exact) mass is 365 g/mol. The molecule has 0 fully saturated rings. The second kappa shape index (κ2) is 7.37. The standard InChI is InChI=1S/C19H15N3O3S/c23-18(4-2-13-1-3-16-17(9-13)25-12-24-16)22-10-15-19(21-7-6-20-15)14-5-8-26-11-14/h1-9,11H,10,12H2,(H,22,23). The number of benzene rings is 1. The summed E-state index contributed by atoms with van der Waals surface area (Å²) in [5, 5.41) is 6.84. The summed E-state index contributed by atoms with van der Waals surface area (Å²) in [5.41, 5.74) is 3.38. The first-order valence-electron chi connectivity index (χ1n) is 7.97. The maximum absolute atomic E-state index is 12.1. The highest BCUT2D eigenvalue weighted by atomic mass is 32.1. The Bertz CT molecular complexity index is 954. The molecule has 0 spiro atoms. The molecule has 3 aromatic rings. The number of ether oxygens (including phenoxy) is 2. The van der Waals surface area contributed by atoms with Crippen LogP contribution in [0.15, 0.2) is 53.5 Å². The van der Waals surface area contributed by atoms with E-state index < -0.39 is 0 Å². The van der Waals surface area contributed by atoms with Gasteiger partial charge in [0.25, 0.3) is 0 Å². The van der Waals surface area contributed by atoms with Gasteiger partial charge in [-0.15, -0.1) is 0 Å². The number of carbonyl (C=O) groups excluding carboxylic acids is 1. The number of hydrogen-bond acceptors (Lipinski definition) is 6. The Morgan fingerprint density at radius 3 is 2.96 bits per heavy atom. The molecule has 3 heterocycles. The minimum absolute atomic E-state index is 0.204. The van der Waals surface area contributed by atoms with Gasteiger partial charge in [0.1, 0.15) is 0 Å². The highest BCUT2D eigenvalue weighted by molar-refractivity contribution is 7.08. The number of hydrogen-bond donors (Lipinski definition) is 1. The fraction of sp³-hybridized carbons (Fsp3) is 0.105. The zero-order chi connectivity index (χ0) is 17.8. The molecule has 0 bridgehead atoms. The third-order valence-electron chi connectivity index (χ3n) is 3.82. The Morgan fingerprint density at radius 2 is 2.08 bits per heavy atom. The van der Waals surface area contributed by atoms with Crippen molar-refractivity contribution in [1.82, 2.24) is 15.3 Å². The van der Waals surface area contributed by atoms with Crippen LogP contribution in [0.3, 0.4) is 0 Å². The summed E-state index contributed by atoms with van der Waals surface area (Å²) in [7, 11) is 0. The lowest BCUT2D eigenvalue weighted by molar-refractivity contribution is -0.116. The van der Waals surface area contributed by atoms with E-state index in [0.29, 0.717) is 12.3 Å². The zero-order valence-corrected chi connectivity index (χ0v) is 14.5. The molecule has 2 aromatic heterocycles. The Balaban J connectivity index is 1.40. The maximum atomic E-state index is 12.1. The number of fused-ring (bicyclic) bond motifs is 1. The van der Waals surface area contributed by atoms with Crippen molar-refractivity contribution in [2.45, 2.75) is 6.54 Å². The van der Waals surface area contributed by atoms with E-state index in [1.165, 1.54) is 6.08 Å².